The van der Waals surface area contributed by atoms with Crippen LogP contribution in [0.2, 0.25) is 0 Å². The average Bonchev–Trinajstić information content (AvgIpc) is 2.89. The van der Waals surface area contributed by atoms with Crippen molar-refractivity contribution >= 4 is 0 Å². The van der Waals surface area contributed by atoms with Gasteiger partial charge in [-0.3, -0.25) is 0 Å². The monoisotopic (exact) mass is 201 g/mol. The van der Waals surface area contributed by atoms with Gasteiger partial charge in [-0.15, -0.1) is 0 Å². The lowest BCUT2D eigenvalue weighted by Crippen LogP contribution is -2.21. The largest absolute Gasteiger partial charge is 0.321 e. The van der Waals surface area contributed by atoms with Gasteiger partial charge in [0.15, 0.2) is 11.6 Å². The Bertz CT molecular complexity index is 372. The summed E-state index contributed by atoms with van der Waals surface area (Å²) >= 11 is 0. The van der Waals surface area contributed by atoms with Crippen molar-refractivity contribution in [3.05, 3.63) is 34.9 Å². The molecule has 0 radical (unpaired) electrons. The van der Waals surface area contributed by atoms with Gasteiger partial charge in [0, 0.05) is 11.1 Å². The van der Waals surface area contributed by atoms with Gasteiger partial charge < -0.3 is 5.73 Å². The lowest BCUT2D eigenvalue weighted by atomic mass is 10.0. The fourth-order valence-corrected chi connectivity index (χ4v) is 1.49. The molecule has 76 valence electrons. The number of hydrogen-bond acceptors (Lipinski definition) is 1. The van der Waals surface area contributed by atoms with Crippen molar-refractivity contribution in [2.75, 3.05) is 0 Å². The summed E-state index contributed by atoms with van der Waals surface area (Å²) in [6, 6.07) is 2.18. The highest BCUT2D eigenvalue weighted by Crippen LogP contribution is 2.44. The van der Waals surface area contributed by atoms with Crippen LogP contribution < -0.4 is 5.73 Å². The molecule has 0 amide bonds. The first-order valence-electron chi connectivity index (χ1n) is 4.40. The number of benzene rings is 1. The smallest absolute Gasteiger partial charge is 0.163 e. The van der Waals surface area contributed by atoms with E-state index in [2.05, 4.69) is 0 Å². The number of hydrogen-bond donors (Lipinski definition) is 1. The molecule has 0 aliphatic heterocycles. The van der Waals surface area contributed by atoms with Crippen LogP contribution in [-0.2, 0) is 12.2 Å². The standard InChI is InChI=1S/C10H10F3N/c11-5-6-3-7(10(14)1-2-10)9(13)8(12)4-6/h3-4H,1-2,5,14H2. The minimum absolute atomic E-state index is 0.102. The molecule has 2 N–H and O–H groups in total. The molecule has 1 nitrogen and oxygen atoms in total. The number of alkyl halides is 1. The van der Waals surface area contributed by atoms with Crippen LogP contribution in [0, 0.1) is 11.6 Å². The van der Waals surface area contributed by atoms with Gasteiger partial charge >= 0.3 is 0 Å². The molecule has 14 heavy (non-hydrogen) atoms. The van der Waals surface area contributed by atoms with E-state index in [0.29, 0.717) is 12.8 Å². The molecule has 0 atom stereocenters. The lowest BCUT2D eigenvalue weighted by molar-refractivity contribution is 0.462. The van der Waals surface area contributed by atoms with E-state index in [1.54, 1.807) is 0 Å². The van der Waals surface area contributed by atoms with E-state index in [1.165, 1.54) is 6.07 Å². The summed E-state index contributed by atoms with van der Waals surface area (Å²) in [5.41, 5.74) is 5.20. The van der Waals surface area contributed by atoms with Crippen LogP contribution in [0.5, 0.6) is 0 Å². The number of nitrogens with two attached hydrogens (primary N) is 1. The van der Waals surface area contributed by atoms with E-state index in [0.717, 1.165) is 6.07 Å². The first-order chi connectivity index (χ1) is 6.57. The molecule has 1 fully saturated rings. The zero-order valence-corrected chi connectivity index (χ0v) is 7.49. The third kappa shape index (κ3) is 1.39. The highest BCUT2D eigenvalue weighted by atomic mass is 19.2. The SMILES string of the molecule is NC1(c2cc(CF)cc(F)c2F)CC1. The average molecular weight is 201 g/mol. The highest BCUT2D eigenvalue weighted by Gasteiger charge is 2.42. The van der Waals surface area contributed by atoms with Crippen LogP contribution in [0.25, 0.3) is 0 Å². The van der Waals surface area contributed by atoms with Gasteiger partial charge in [-0.05, 0) is 30.5 Å². The Morgan fingerprint density at radius 2 is 1.93 bits per heavy atom. The molecule has 2 rings (SSSR count). The summed E-state index contributed by atoms with van der Waals surface area (Å²) in [5, 5.41) is 0. The van der Waals surface area contributed by atoms with Gasteiger partial charge in [-0.25, -0.2) is 13.2 Å². The van der Waals surface area contributed by atoms with Crippen LogP contribution in [0.4, 0.5) is 13.2 Å². The topological polar surface area (TPSA) is 26.0 Å². The van der Waals surface area contributed by atoms with Crippen LogP contribution in [0.1, 0.15) is 24.0 Å². The van der Waals surface area contributed by atoms with Crippen LogP contribution in [-0.4, -0.2) is 0 Å². The summed E-state index contributed by atoms with van der Waals surface area (Å²) in [6.07, 6.45) is 1.25. The van der Waals surface area contributed by atoms with E-state index < -0.39 is 23.8 Å². The van der Waals surface area contributed by atoms with Gasteiger partial charge in [-0.1, -0.05) is 0 Å². The van der Waals surface area contributed by atoms with E-state index in [9.17, 15) is 13.2 Å². The van der Waals surface area contributed by atoms with Crippen molar-refractivity contribution in [2.45, 2.75) is 25.1 Å². The minimum Gasteiger partial charge on any atom is -0.321 e. The molecule has 1 aromatic carbocycles. The van der Waals surface area contributed by atoms with Crippen molar-refractivity contribution in [3.8, 4) is 0 Å². The summed E-state index contributed by atoms with van der Waals surface area (Å²) in [7, 11) is 0. The maximum absolute atomic E-state index is 13.3. The predicted octanol–water partition coefficient (Wildman–Crippen LogP) is 2.38. The fourth-order valence-electron chi connectivity index (χ4n) is 1.49. The Hall–Kier alpha value is -1.03. The molecule has 0 unspecified atom stereocenters. The third-order valence-corrected chi connectivity index (χ3v) is 2.57. The molecule has 0 aromatic heterocycles. The Morgan fingerprint density at radius 1 is 1.29 bits per heavy atom. The maximum Gasteiger partial charge on any atom is 0.163 e. The molecule has 0 heterocycles. The highest BCUT2D eigenvalue weighted by molar-refractivity contribution is 5.35. The van der Waals surface area contributed by atoms with Gasteiger partial charge in [-0.2, -0.15) is 0 Å². The van der Waals surface area contributed by atoms with Crippen molar-refractivity contribution in [1.29, 1.82) is 0 Å². The van der Waals surface area contributed by atoms with Crippen molar-refractivity contribution in [2.24, 2.45) is 5.73 Å². The second-order valence-electron chi connectivity index (χ2n) is 3.73. The molecule has 1 aromatic rings. The van der Waals surface area contributed by atoms with E-state index in [1.807, 2.05) is 0 Å². The Labute approximate surface area is 79.7 Å². The molecule has 1 aliphatic rings. The summed E-state index contributed by atoms with van der Waals surface area (Å²) in [5.74, 6) is -1.96. The summed E-state index contributed by atoms with van der Waals surface area (Å²) < 4.78 is 38.6. The van der Waals surface area contributed by atoms with Gasteiger partial charge in [0.2, 0.25) is 0 Å². The van der Waals surface area contributed by atoms with E-state index in [-0.39, 0.29) is 11.1 Å². The summed E-state index contributed by atoms with van der Waals surface area (Å²) in [6.45, 7) is -0.805. The quantitative estimate of drug-likeness (QED) is 0.781. The Balaban J connectivity index is 2.52. The Morgan fingerprint density at radius 3 is 2.43 bits per heavy atom. The van der Waals surface area contributed by atoms with Crippen LogP contribution in [0.15, 0.2) is 12.1 Å². The molecular weight excluding hydrogens is 191 g/mol. The molecule has 0 saturated heterocycles. The first-order valence-corrected chi connectivity index (χ1v) is 4.40. The first kappa shape index (κ1) is 9.52. The molecule has 4 heteroatoms. The predicted molar refractivity (Wildman–Crippen MR) is 46.3 cm³/mol. The van der Waals surface area contributed by atoms with Crippen LogP contribution >= 0.6 is 0 Å². The van der Waals surface area contributed by atoms with Crippen molar-refractivity contribution in [1.82, 2.24) is 0 Å². The Kier molecular flexibility index (Phi) is 2.03. The zero-order valence-electron chi connectivity index (χ0n) is 7.49. The van der Waals surface area contributed by atoms with E-state index >= 15 is 0 Å². The number of rotatable bonds is 2. The van der Waals surface area contributed by atoms with E-state index in [4.69, 9.17) is 5.73 Å². The normalized spacial score (nSPS) is 18.3. The van der Waals surface area contributed by atoms with Crippen LogP contribution in [0.3, 0.4) is 0 Å². The lowest BCUT2D eigenvalue weighted by Gasteiger charge is -2.12. The number of halogens is 3. The van der Waals surface area contributed by atoms with Crippen molar-refractivity contribution < 1.29 is 13.2 Å². The molecule has 0 bridgehead atoms. The second-order valence-corrected chi connectivity index (χ2v) is 3.73. The third-order valence-electron chi connectivity index (χ3n) is 2.57. The molecule has 0 spiro atoms. The zero-order chi connectivity index (χ0) is 10.3. The fraction of sp³-hybridized carbons (Fsp3) is 0.400. The minimum atomic E-state index is -1.02. The van der Waals surface area contributed by atoms with Crippen molar-refractivity contribution in [3.63, 3.8) is 0 Å². The molecule has 1 aliphatic carbocycles. The summed E-state index contributed by atoms with van der Waals surface area (Å²) in [4.78, 5) is 0. The maximum atomic E-state index is 13.3. The van der Waals surface area contributed by atoms with Gasteiger partial charge in [0.1, 0.15) is 6.67 Å². The molecule has 1 saturated carbocycles. The van der Waals surface area contributed by atoms with Gasteiger partial charge in [0.25, 0.3) is 0 Å². The molecular formula is C10H10F3N. The second kappa shape index (κ2) is 2.98. The van der Waals surface area contributed by atoms with Gasteiger partial charge in [0.05, 0.1) is 0 Å².